The van der Waals surface area contributed by atoms with Gasteiger partial charge in [0.1, 0.15) is 11.1 Å². The van der Waals surface area contributed by atoms with Crippen LogP contribution in [0.25, 0.3) is 33.3 Å². The van der Waals surface area contributed by atoms with Crippen molar-refractivity contribution in [1.82, 2.24) is 4.98 Å². The van der Waals surface area contributed by atoms with Crippen LogP contribution >= 0.6 is 0 Å². The molecule has 2 aromatic heterocycles. The maximum atomic E-state index is 12.6. The molecule has 2 heterocycles. The number of aryl methyl sites for hydroxylation is 1. The summed E-state index contributed by atoms with van der Waals surface area (Å²) in [5.74, 6) is 0. The molecule has 0 amide bonds. The van der Waals surface area contributed by atoms with Crippen molar-refractivity contribution in [2.75, 3.05) is 19.0 Å². The number of fused-ring (bicyclic) bond motifs is 4. The fourth-order valence-corrected chi connectivity index (χ4v) is 4.04. The number of benzene rings is 2. The minimum atomic E-state index is -0.519. The van der Waals surface area contributed by atoms with Gasteiger partial charge < -0.3 is 13.7 Å². The molecule has 6 heteroatoms. The minimum absolute atomic E-state index is 0.272. The summed E-state index contributed by atoms with van der Waals surface area (Å²) >= 11 is 0. The summed E-state index contributed by atoms with van der Waals surface area (Å²) in [6.45, 7) is 0. The van der Waals surface area contributed by atoms with Crippen molar-refractivity contribution < 1.29 is 8.83 Å². The summed E-state index contributed by atoms with van der Waals surface area (Å²) in [7, 11) is 3.92. The van der Waals surface area contributed by atoms with Gasteiger partial charge in [-0.1, -0.05) is 12.1 Å². The van der Waals surface area contributed by atoms with Gasteiger partial charge in [-0.15, -0.1) is 0 Å². The second-order valence-corrected chi connectivity index (χ2v) is 7.66. The molecule has 2 aromatic carbocycles. The lowest BCUT2D eigenvalue weighted by Crippen LogP contribution is -2.16. The summed E-state index contributed by atoms with van der Waals surface area (Å²) in [6.07, 6.45) is 3.63. The van der Waals surface area contributed by atoms with Crippen LogP contribution in [0.3, 0.4) is 0 Å². The number of aromatic nitrogens is 1. The minimum Gasteiger partial charge on any atom is -0.422 e. The maximum absolute atomic E-state index is 12.6. The molecule has 29 heavy (non-hydrogen) atoms. The number of anilines is 1. The molecule has 0 atom stereocenters. The summed E-state index contributed by atoms with van der Waals surface area (Å²) in [5.41, 5.74) is 4.33. The Kier molecular flexibility index (Phi) is 4.01. The SMILES string of the molecule is CN(C)c1ccc(-c2nc3cc4c5c(c(=O)oc4cc3oc2=O)CCCC5)cc1. The first kappa shape index (κ1) is 17.7. The standard InChI is InChI=1S/C23H20N2O4/c1-25(2)14-9-7-13(8-10-14)21-23(27)29-20-12-19-17(11-18(20)24-21)15-5-3-4-6-16(15)22(26)28-19/h7-12H,3-6H2,1-2H3. The van der Waals surface area contributed by atoms with Gasteiger partial charge in [-0.2, -0.15) is 0 Å². The molecule has 0 spiro atoms. The summed E-state index contributed by atoms with van der Waals surface area (Å²) in [5, 5.41) is 0.877. The fraction of sp³-hybridized carbons (Fsp3) is 0.261. The second-order valence-electron chi connectivity index (χ2n) is 7.66. The largest absolute Gasteiger partial charge is 0.422 e. The number of hydrogen-bond donors (Lipinski definition) is 0. The van der Waals surface area contributed by atoms with Crippen molar-refractivity contribution in [3.63, 3.8) is 0 Å². The molecule has 0 saturated heterocycles. The Morgan fingerprint density at radius 2 is 1.55 bits per heavy atom. The predicted octanol–water partition coefficient (Wildman–Crippen LogP) is 3.91. The molecule has 0 saturated carbocycles. The Morgan fingerprint density at radius 1 is 0.862 bits per heavy atom. The van der Waals surface area contributed by atoms with Gasteiger partial charge in [0.2, 0.25) is 0 Å². The van der Waals surface area contributed by atoms with Crippen LogP contribution in [-0.4, -0.2) is 19.1 Å². The second kappa shape index (κ2) is 6.58. The smallest absolute Gasteiger partial charge is 0.363 e. The number of rotatable bonds is 2. The molecule has 0 fully saturated rings. The highest BCUT2D eigenvalue weighted by atomic mass is 16.4. The van der Waals surface area contributed by atoms with E-state index in [0.717, 1.165) is 47.9 Å². The molecule has 0 N–H and O–H groups in total. The lowest BCUT2D eigenvalue weighted by atomic mass is 9.90. The van der Waals surface area contributed by atoms with Crippen molar-refractivity contribution in [1.29, 1.82) is 0 Å². The highest BCUT2D eigenvalue weighted by Gasteiger charge is 2.20. The Bertz CT molecular complexity index is 1360. The zero-order valence-electron chi connectivity index (χ0n) is 16.3. The molecule has 0 aliphatic heterocycles. The van der Waals surface area contributed by atoms with Crippen LogP contribution in [0.5, 0.6) is 0 Å². The normalized spacial score (nSPS) is 13.6. The van der Waals surface area contributed by atoms with E-state index in [4.69, 9.17) is 8.83 Å². The van der Waals surface area contributed by atoms with Crippen LogP contribution < -0.4 is 16.2 Å². The van der Waals surface area contributed by atoms with E-state index in [9.17, 15) is 9.59 Å². The van der Waals surface area contributed by atoms with Gasteiger partial charge in [0.25, 0.3) is 0 Å². The van der Waals surface area contributed by atoms with E-state index in [-0.39, 0.29) is 11.3 Å². The van der Waals surface area contributed by atoms with Crippen molar-refractivity contribution in [3.05, 3.63) is 68.4 Å². The van der Waals surface area contributed by atoms with Crippen molar-refractivity contribution >= 4 is 27.8 Å². The topological polar surface area (TPSA) is 76.6 Å². The van der Waals surface area contributed by atoms with Crippen LogP contribution in [0, 0.1) is 0 Å². The average Bonchev–Trinajstić information content (AvgIpc) is 2.72. The summed E-state index contributed by atoms with van der Waals surface area (Å²) in [6, 6.07) is 11.1. The predicted molar refractivity (Wildman–Crippen MR) is 113 cm³/mol. The summed E-state index contributed by atoms with van der Waals surface area (Å²) < 4.78 is 11.0. The lowest BCUT2D eigenvalue weighted by Gasteiger charge is -2.16. The maximum Gasteiger partial charge on any atom is 0.363 e. The quantitative estimate of drug-likeness (QED) is 0.383. The van der Waals surface area contributed by atoms with E-state index in [1.807, 2.05) is 49.3 Å². The first-order valence-electron chi connectivity index (χ1n) is 9.72. The van der Waals surface area contributed by atoms with E-state index >= 15 is 0 Å². The van der Waals surface area contributed by atoms with Gasteiger partial charge in [0.05, 0.1) is 0 Å². The Morgan fingerprint density at radius 3 is 2.28 bits per heavy atom. The molecule has 5 rings (SSSR count). The first-order chi connectivity index (χ1) is 14.0. The summed E-state index contributed by atoms with van der Waals surface area (Å²) in [4.78, 5) is 31.5. The van der Waals surface area contributed by atoms with Gasteiger partial charge >= 0.3 is 11.3 Å². The molecule has 6 nitrogen and oxygen atoms in total. The number of nitrogens with zero attached hydrogens (tertiary/aromatic N) is 2. The Hall–Kier alpha value is -3.41. The molecule has 0 bridgehead atoms. The van der Waals surface area contributed by atoms with Crippen LogP contribution in [0.2, 0.25) is 0 Å². The molecule has 1 aliphatic rings. The van der Waals surface area contributed by atoms with Crippen LogP contribution in [-0.2, 0) is 12.8 Å². The van der Waals surface area contributed by atoms with Crippen LogP contribution in [0.4, 0.5) is 5.69 Å². The van der Waals surface area contributed by atoms with Crippen molar-refractivity contribution in [3.8, 4) is 11.3 Å². The molecule has 0 radical (unpaired) electrons. The molecular weight excluding hydrogens is 368 g/mol. The van der Waals surface area contributed by atoms with Gasteiger partial charge in [0.15, 0.2) is 11.3 Å². The van der Waals surface area contributed by atoms with Crippen molar-refractivity contribution in [2.24, 2.45) is 0 Å². The zero-order valence-corrected chi connectivity index (χ0v) is 16.3. The highest BCUT2D eigenvalue weighted by molar-refractivity contribution is 5.93. The van der Waals surface area contributed by atoms with Gasteiger partial charge in [-0.3, -0.25) is 0 Å². The van der Waals surface area contributed by atoms with Crippen LogP contribution in [0.1, 0.15) is 24.0 Å². The zero-order chi connectivity index (χ0) is 20.1. The monoisotopic (exact) mass is 388 g/mol. The van der Waals surface area contributed by atoms with E-state index in [2.05, 4.69) is 4.98 Å². The van der Waals surface area contributed by atoms with E-state index in [0.29, 0.717) is 22.2 Å². The third kappa shape index (κ3) is 2.92. The molecule has 1 aliphatic carbocycles. The van der Waals surface area contributed by atoms with E-state index in [1.54, 1.807) is 6.07 Å². The molecular formula is C23H20N2O4. The number of hydrogen-bond acceptors (Lipinski definition) is 6. The van der Waals surface area contributed by atoms with Gasteiger partial charge in [0, 0.05) is 42.4 Å². The highest BCUT2D eigenvalue weighted by Crippen LogP contribution is 2.30. The van der Waals surface area contributed by atoms with Crippen molar-refractivity contribution in [2.45, 2.75) is 25.7 Å². The third-order valence-electron chi connectivity index (χ3n) is 5.59. The van der Waals surface area contributed by atoms with Crippen LogP contribution in [0.15, 0.2) is 54.8 Å². The first-order valence-corrected chi connectivity index (χ1v) is 9.72. The molecule has 146 valence electrons. The van der Waals surface area contributed by atoms with Gasteiger partial charge in [-0.25, -0.2) is 14.6 Å². The molecule has 0 unspecified atom stereocenters. The van der Waals surface area contributed by atoms with E-state index < -0.39 is 5.63 Å². The van der Waals surface area contributed by atoms with Gasteiger partial charge in [-0.05, 0) is 49.4 Å². The van der Waals surface area contributed by atoms with E-state index in [1.165, 1.54) is 0 Å². The third-order valence-corrected chi connectivity index (χ3v) is 5.59. The lowest BCUT2D eigenvalue weighted by molar-refractivity contribution is 0.529. The molecule has 4 aromatic rings. The Balaban J connectivity index is 1.73. The average molecular weight is 388 g/mol. The Labute approximate surface area is 166 Å². The fourth-order valence-electron chi connectivity index (χ4n) is 4.04.